The molecule has 0 heterocycles. The van der Waals surface area contributed by atoms with Gasteiger partial charge in [0.15, 0.2) is 0 Å². The van der Waals surface area contributed by atoms with Crippen molar-refractivity contribution in [2.75, 3.05) is 7.11 Å². The quantitative estimate of drug-likeness (QED) is 0.697. The van der Waals surface area contributed by atoms with E-state index < -0.39 is 0 Å². The third-order valence-electron chi connectivity index (χ3n) is 3.76. The summed E-state index contributed by atoms with van der Waals surface area (Å²) in [5.41, 5.74) is 2.23. The fourth-order valence-corrected chi connectivity index (χ4v) is 2.56. The minimum atomic E-state index is -0.339. The van der Waals surface area contributed by atoms with Gasteiger partial charge in [0.25, 0.3) is 0 Å². The normalized spacial score (nSPS) is 11.9. The van der Waals surface area contributed by atoms with Gasteiger partial charge >= 0.3 is 6.09 Å². The van der Waals surface area contributed by atoms with E-state index in [1.807, 2.05) is 60.7 Å². The van der Waals surface area contributed by atoms with E-state index in [1.54, 1.807) is 11.0 Å². The van der Waals surface area contributed by atoms with Crippen molar-refractivity contribution >= 4 is 6.09 Å². The molecule has 0 aliphatic carbocycles. The van der Waals surface area contributed by atoms with Crippen LogP contribution in [0.1, 0.15) is 11.1 Å². The van der Waals surface area contributed by atoms with Crippen molar-refractivity contribution in [3.05, 3.63) is 96.6 Å². The predicted molar refractivity (Wildman–Crippen MR) is 97.7 cm³/mol. The van der Waals surface area contributed by atoms with Crippen molar-refractivity contribution in [1.29, 1.82) is 0 Å². The van der Waals surface area contributed by atoms with Gasteiger partial charge in [0, 0.05) is 6.54 Å². The highest BCUT2D eigenvalue weighted by Gasteiger charge is 2.23. The summed E-state index contributed by atoms with van der Waals surface area (Å²) in [6.45, 7) is 4.22. The number of allylic oxidation sites excluding steroid dienone is 2. The zero-order chi connectivity index (χ0) is 17.2. The molecule has 0 aliphatic heterocycles. The summed E-state index contributed by atoms with van der Waals surface area (Å²) in [6.07, 6.45) is 5.95. The minimum absolute atomic E-state index is 0.113. The molecule has 0 spiro atoms. The molecule has 0 aromatic heterocycles. The summed E-state index contributed by atoms with van der Waals surface area (Å²) in [5.74, 6) is 0. The van der Waals surface area contributed by atoms with Crippen LogP contribution in [-0.2, 0) is 17.7 Å². The third kappa shape index (κ3) is 5.13. The molecular formula is C21H23NO2. The largest absolute Gasteiger partial charge is 0.453 e. The van der Waals surface area contributed by atoms with E-state index in [4.69, 9.17) is 4.74 Å². The van der Waals surface area contributed by atoms with Crippen LogP contribution < -0.4 is 0 Å². The Hall–Kier alpha value is -2.81. The average Bonchev–Trinajstić information content (AvgIpc) is 2.64. The Morgan fingerprint density at radius 1 is 1.08 bits per heavy atom. The van der Waals surface area contributed by atoms with Gasteiger partial charge < -0.3 is 4.74 Å². The molecular weight excluding hydrogens is 298 g/mol. The second kappa shape index (κ2) is 9.36. The van der Waals surface area contributed by atoms with E-state index in [9.17, 15) is 4.79 Å². The number of rotatable bonds is 7. The van der Waals surface area contributed by atoms with Crippen LogP contribution in [0.2, 0.25) is 0 Å². The molecule has 2 aromatic rings. The summed E-state index contributed by atoms with van der Waals surface area (Å²) < 4.78 is 5.01. The summed E-state index contributed by atoms with van der Waals surface area (Å²) in [4.78, 5) is 14.1. The molecule has 0 aliphatic rings. The van der Waals surface area contributed by atoms with Crippen LogP contribution in [0.4, 0.5) is 4.79 Å². The topological polar surface area (TPSA) is 29.5 Å². The third-order valence-corrected chi connectivity index (χ3v) is 3.76. The summed E-state index contributed by atoms with van der Waals surface area (Å²) in [5, 5.41) is 0. The van der Waals surface area contributed by atoms with Gasteiger partial charge in [-0.25, -0.2) is 4.79 Å². The van der Waals surface area contributed by atoms with Gasteiger partial charge in [-0.2, -0.15) is 0 Å². The molecule has 0 saturated heterocycles. The van der Waals surface area contributed by atoms with Crippen LogP contribution in [0, 0.1) is 0 Å². The molecule has 1 atom stereocenters. The van der Waals surface area contributed by atoms with E-state index in [1.165, 1.54) is 7.11 Å². The molecule has 0 radical (unpaired) electrons. The van der Waals surface area contributed by atoms with Crippen molar-refractivity contribution < 1.29 is 9.53 Å². The first kappa shape index (κ1) is 17.5. The van der Waals surface area contributed by atoms with Crippen molar-refractivity contribution in [3.8, 4) is 0 Å². The number of hydrogen-bond acceptors (Lipinski definition) is 2. The fourth-order valence-electron chi connectivity index (χ4n) is 2.56. The highest BCUT2D eigenvalue weighted by Crippen LogP contribution is 2.16. The number of amides is 1. The number of methoxy groups -OCH3 is 1. The first-order valence-corrected chi connectivity index (χ1v) is 7.96. The van der Waals surface area contributed by atoms with Crippen molar-refractivity contribution in [2.24, 2.45) is 0 Å². The monoisotopic (exact) mass is 321 g/mol. The van der Waals surface area contributed by atoms with Gasteiger partial charge in [0.05, 0.1) is 13.2 Å². The Balaban J connectivity index is 2.27. The number of hydrogen-bond donors (Lipinski definition) is 0. The molecule has 2 rings (SSSR count). The Morgan fingerprint density at radius 3 is 2.21 bits per heavy atom. The number of ether oxygens (including phenoxy) is 1. The van der Waals surface area contributed by atoms with Crippen LogP contribution in [0.25, 0.3) is 0 Å². The molecule has 124 valence electrons. The lowest BCUT2D eigenvalue weighted by molar-refractivity contribution is 0.110. The van der Waals surface area contributed by atoms with E-state index in [2.05, 4.69) is 18.7 Å². The van der Waals surface area contributed by atoms with Gasteiger partial charge in [-0.1, -0.05) is 85.5 Å². The lowest BCUT2D eigenvalue weighted by Gasteiger charge is -2.29. The molecule has 2 aromatic carbocycles. The number of benzene rings is 2. The Bertz CT molecular complexity index is 665. The Kier molecular flexibility index (Phi) is 6.84. The summed E-state index contributed by atoms with van der Waals surface area (Å²) in [6, 6.07) is 19.9. The van der Waals surface area contributed by atoms with E-state index in [-0.39, 0.29) is 12.1 Å². The SMILES string of the molecule is C=C/C=C/C(Cc1ccccc1)N(Cc1ccccc1)C(=O)OC. The van der Waals surface area contributed by atoms with E-state index in [0.29, 0.717) is 13.0 Å². The van der Waals surface area contributed by atoms with Gasteiger partial charge in [-0.05, 0) is 17.5 Å². The molecule has 3 nitrogen and oxygen atoms in total. The van der Waals surface area contributed by atoms with Crippen molar-refractivity contribution in [3.63, 3.8) is 0 Å². The molecule has 3 heteroatoms. The van der Waals surface area contributed by atoms with E-state index >= 15 is 0 Å². The Labute approximate surface area is 143 Å². The minimum Gasteiger partial charge on any atom is -0.453 e. The number of nitrogens with zero attached hydrogens (tertiary/aromatic N) is 1. The molecule has 1 amide bonds. The maximum atomic E-state index is 12.4. The molecule has 0 bridgehead atoms. The molecule has 24 heavy (non-hydrogen) atoms. The van der Waals surface area contributed by atoms with Gasteiger partial charge in [-0.3, -0.25) is 4.90 Å². The molecule has 0 fully saturated rings. The summed E-state index contributed by atoms with van der Waals surface area (Å²) in [7, 11) is 1.41. The first-order valence-electron chi connectivity index (χ1n) is 7.96. The van der Waals surface area contributed by atoms with Gasteiger partial charge in [0.2, 0.25) is 0 Å². The smallest absolute Gasteiger partial charge is 0.410 e. The fraction of sp³-hybridized carbons (Fsp3) is 0.190. The molecule has 0 N–H and O–H groups in total. The number of carbonyl (C=O) groups excluding carboxylic acids is 1. The maximum Gasteiger partial charge on any atom is 0.410 e. The van der Waals surface area contributed by atoms with Crippen molar-refractivity contribution in [2.45, 2.75) is 19.0 Å². The molecule has 0 saturated carbocycles. The lowest BCUT2D eigenvalue weighted by Crippen LogP contribution is -2.40. The highest BCUT2D eigenvalue weighted by atomic mass is 16.5. The highest BCUT2D eigenvalue weighted by molar-refractivity contribution is 5.68. The van der Waals surface area contributed by atoms with Crippen LogP contribution in [0.5, 0.6) is 0 Å². The van der Waals surface area contributed by atoms with Crippen molar-refractivity contribution in [1.82, 2.24) is 4.90 Å². The lowest BCUT2D eigenvalue weighted by atomic mass is 10.0. The average molecular weight is 321 g/mol. The number of carbonyl (C=O) groups is 1. The Morgan fingerprint density at radius 2 is 1.67 bits per heavy atom. The first-order chi connectivity index (χ1) is 11.7. The van der Waals surface area contributed by atoms with Crippen LogP contribution in [-0.4, -0.2) is 24.1 Å². The van der Waals surface area contributed by atoms with Crippen LogP contribution in [0.3, 0.4) is 0 Å². The zero-order valence-corrected chi connectivity index (χ0v) is 14.0. The zero-order valence-electron chi connectivity index (χ0n) is 14.0. The second-order valence-electron chi connectivity index (χ2n) is 5.46. The summed E-state index contributed by atoms with van der Waals surface area (Å²) >= 11 is 0. The van der Waals surface area contributed by atoms with Crippen LogP contribution in [0.15, 0.2) is 85.5 Å². The standard InChI is InChI=1S/C21H23NO2/c1-3-4-15-20(16-18-11-7-5-8-12-18)22(21(23)24-2)17-19-13-9-6-10-14-19/h3-15,20H,1,16-17H2,2H3/b15-4+. The van der Waals surface area contributed by atoms with Crippen LogP contribution >= 0.6 is 0 Å². The van der Waals surface area contributed by atoms with Gasteiger partial charge in [0.1, 0.15) is 0 Å². The molecule has 1 unspecified atom stereocenters. The predicted octanol–water partition coefficient (Wildman–Crippen LogP) is 4.61. The second-order valence-corrected chi connectivity index (χ2v) is 5.46. The van der Waals surface area contributed by atoms with Gasteiger partial charge in [-0.15, -0.1) is 0 Å². The maximum absolute atomic E-state index is 12.4. The van der Waals surface area contributed by atoms with E-state index in [0.717, 1.165) is 11.1 Å².